The quantitative estimate of drug-likeness (QED) is 0.883. The van der Waals surface area contributed by atoms with Gasteiger partial charge in [-0.25, -0.2) is 0 Å². The molecule has 1 aromatic rings. The molecule has 1 unspecified atom stereocenters. The predicted molar refractivity (Wildman–Crippen MR) is 72.4 cm³/mol. The van der Waals surface area contributed by atoms with Gasteiger partial charge in [-0.2, -0.15) is 5.10 Å². The van der Waals surface area contributed by atoms with Crippen LogP contribution in [0.4, 0.5) is 0 Å². The Morgan fingerprint density at radius 3 is 3.00 bits per heavy atom. The van der Waals surface area contributed by atoms with Crippen molar-refractivity contribution < 1.29 is 0 Å². The van der Waals surface area contributed by atoms with E-state index in [2.05, 4.69) is 21.4 Å². The maximum Gasteiger partial charge on any atom is 0.0521 e. The third-order valence-corrected chi connectivity index (χ3v) is 3.40. The summed E-state index contributed by atoms with van der Waals surface area (Å²) in [4.78, 5) is 2.54. The van der Waals surface area contributed by atoms with E-state index in [1.165, 1.54) is 31.6 Å². The molecule has 0 radical (unpaired) electrons. The summed E-state index contributed by atoms with van der Waals surface area (Å²) in [6, 6.07) is 2.11. The molecular weight excluding hydrogens is 236 g/mol. The summed E-state index contributed by atoms with van der Waals surface area (Å²) in [5.41, 5.74) is 1.31. The minimum Gasteiger partial charge on any atom is -0.319 e. The van der Waals surface area contributed by atoms with Gasteiger partial charge in [0.05, 0.1) is 5.69 Å². The first kappa shape index (κ1) is 14.5. The highest BCUT2D eigenvalue weighted by Gasteiger charge is 2.19. The largest absolute Gasteiger partial charge is 0.319 e. The van der Waals surface area contributed by atoms with Gasteiger partial charge in [-0.3, -0.25) is 9.58 Å². The van der Waals surface area contributed by atoms with Gasteiger partial charge in [0, 0.05) is 26.3 Å². The Hall–Kier alpha value is -0.580. The van der Waals surface area contributed by atoms with Crippen LogP contribution in [0.3, 0.4) is 0 Å². The molecule has 1 aliphatic rings. The van der Waals surface area contributed by atoms with E-state index in [1.54, 1.807) is 0 Å². The van der Waals surface area contributed by atoms with E-state index >= 15 is 0 Å². The lowest BCUT2D eigenvalue weighted by Crippen LogP contribution is -2.38. The van der Waals surface area contributed by atoms with Crippen LogP contribution in [-0.2, 0) is 13.6 Å². The van der Waals surface area contributed by atoms with Crippen molar-refractivity contribution in [3.63, 3.8) is 0 Å². The van der Waals surface area contributed by atoms with Crippen molar-refractivity contribution in [3.05, 3.63) is 18.0 Å². The Balaban J connectivity index is 0.00000144. The van der Waals surface area contributed by atoms with Crippen molar-refractivity contribution in [2.75, 3.05) is 26.7 Å². The topological polar surface area (TPSA) is 33.1 Å². The fourth-order valence-corrected chi connectivity index (χ4v) is 2.54. The lowest BCUT2D eigenvalue weighted by Gasteiger charge is -2.32. The molecule has 0 aromatic carbocycles. The molecule has 1 N–H and O–H groups in total. The number of hydrogen-bond donors (Lipinski definition) is 1. The highest BCUT2D eigenvalue weighted by Crippen LogP contribution is 2.17. The lowest BCUT2D eigenvalue weighted by atomic mass is 9.98. The number of aryl methyl sites for hydroxylation is 1. The maximum atomic E-state index is 4.22. The summed E-state index contributed by atoms with van der Waals surface area (Å²) in [6.07, 6.45) is 4.57. The highest BCUT2D eigenvalue weighted by atomic mass is 35.5. The molecule has 17 heavy (non-hydrogen) atoms. The molecule has 98 valence electrons. The minimum atomic E-state index is 0. The Morgan fingerprint density at radius 1 is 1.53 bits per heavy atom. The van der Waals surface area contributed by atoms with Crippen LogP contribution in [0.2, 0.25) is 0 Å². The number of piperidine rings is 1. The zero-order valence-electron chi connectivity index (χ0n) is 10.7. The van der Waals surface area contributed by atoms with E-state index < -0.39 is 0 Å². The van der Waals surface area contributed by atoms with Gasteiger partial charge in [0.1, 0.15) is 0 Å². The molecule has 2 heterocycles. The molecule has 1 aliphatic heterocycles. The summed E-state index contributed by atoms with van der Waals surface area (Å²) < 4.78 is 1.97. The van der Waals surface area contributed by atoms with Crippen LogP contribution in [0, 0.1) is 5.92 Å². The molecule has 1 saturated heterocycles. The van der Waals surface area contributed by atoms with Gasteiger partial charge in [-0.15, -0.1) is 12.4 Å². The smallest absolute Gasteiger partial charge is 0.0521 e. The molecule has 1 fully saturated rings. The molecule has 0 amide bonds. The van der Waals surface area contributed by atoms with Gasteiger partial charge in [-0.1, -0.05) is 0 Å². The van der Waals surface area contributed by atoms with Crippen LogP contribution >= 0.6 is 12.4 Å². The van der Waals surface area contributed by atoms with E-state index in [9.17, 15) is 0 Å². The van der Waals surface area contributed by atoms with Gasteiger partial charge in [0.25, 0.3) is 0 Å². The van der Waals surface area contributed by atoms with Gasteiger partial charge in [0.15, 0.2) is 0 Å². The monoisotopic (exact) mass is 258 g/mol. The van der Waals surface area contributed by atoms with E-state index in [4.69, 9.17) is 0 Å². The minimum absolute atomic E-state index is 0. The molecule has 4 nitrogen and oxygen atoms in total. The van der Waals surface area contributed by atoms with E-state index in [-0.39, 0.29) is 12.4 Å². The van der Waals surface area contributed by atoms with Gasteiger partial charge in [0.2, 0.25) is 0 Å². The number of nitrogens with zero attached hydrogens (tertiary/aromatic N) is 3. The van der Waals surface area contributed by atoms with Gasteiger partial charge in [-0.05, 0) is 45.0 Å². The standard InChI is InChI=1S/C12H22N4.ClH/c1-13-8-11-4-3-7-16(9-11)10-12-5-6-14-15(12)2;/h5-6,11,13H,3-4,7-10H2,1-2H3;1H. The number of nitrogens with one attached hydrogen (secondary N) is 1. The van der Waals surface area contributed by atoms with E-state index in [0.717, 1.165) is 19.0 Å². The second-order valence-electron chi connectivity index (χ2n) is 4.75. The first-order valence-electron chi connectivity index (χ1n) is 6.13. The summed E-state index contributed by atoms with van der Waals surface area (Å²) in [5.74, 6) is 0.812. The molecule has 0 bridgehead atoms. The summed E-state index contributed by atoms with van der Waals surface area (Å²) in [6.45, 7) is 4.62. The van der Waals surface area contributed by atoms with Gasteiger partial charge >= 0.3 is 0 Å². The zero-order valence-corrected chi connectivity index (χ0v) is 11.5. The van der Waals surface area contributed by atoms with E-state index in [0.29, 0.717) is 0 Å². The van der Waals surface area contributed by atoms with Crippen LogP contribution in [0.15, 0.2) is 12.3 Å². The van der Waals surface area contributed by atoms with Crippen molar-refractivity contribution in [1.29, 1.82) is 0 Å². The number of halogens is 1. The number of likely N-dealkylation sites (tertiary alicyclic amines) is 1. The SMILES string of the molecule is CNCC1CCCN(Cc2ccnn2C)C1.Cl. The first-order chi connectivity index (χ1) is 7.79. The van der Waals surface area contributed by atoms with Crippen LogP contribution in [0.1, 0.15) is 18.5 Å². The highest BCUT2D eigenvalue weighted by molar-refractivity contribution is 5.85. The summed E-state index contributed by atoms with van der Waals surface area (Å²) >= 11 is 0. The number of aromatic nitrogens is 2. The predicted octanol–water partition coefficient (Wildman–Crippen LogP) is 1.27. The molecule has 0 spiro atoms. The Labute approximate surface area is 110 Å². The Bertz CT molecular complexity index is 324. The lowest BCUT2D eigenvalue weighted by molar-refractivity contribution is 0.163. The zero-order chi connectivity index (χ0) is 11.4. The molecule has 0 saturated carbocycles. The molecule has 2 rings (SSSR count). The van der Waals surface area contributed by atoms with Crippen molar-refractivity contribution in [3.8, 4) is 0 Å². The van der Waals surface area contributed by atoms with Gasteiger partial charge < -0.3 is 5.32 Å². The Morgan fingerprint density at radius 2 is 2.35 bits per heavy atom. The maximum absolute atomic E-state index is 4.22. The fourth-order valence-electron chi connectivity index (χ4n) is 2.54. The third-order valence-electron chi connectivity index (χ3n) is 3.40. The molecular formula is C12H23ClN4. The van der Waals surface area contributed by atoms with Crippen LogP contribution < -0.4 is 5.32 Å². The van der Waals surface area contributed by atoms with Crippen molar-refractivity contribution in [2.45, 2.75) is 19.4 Å². The van der Waals surface area contributed by atoms with Crippen molar-refractivity contribution in [1.82, 2.24) is 20.0 Å². The summed E-state index contributed by atoms with van der Waals surface area (Å²) in [5, 5.41) is 7.50. The number of rotatable bonds is 4. The number of hydrogen-bond acceptors (Lipinski definition) is 3. The average molecular weight is 259 g/mol. The van der Waals surface area contributed by atoms with Crippen molar-refractivity contribution in [2.24, 2.45) is 13.0 Å². The Kier molecular flexibility index (Phi) is 5.95. The molecule has 0 aliphatic carbocycles. The second-order valence-corrected chi connectivity index (χ2v) is 4.75. The second kappa shape index (κ2) is 6.99. The summed E-state index contributed by atoms with van der Waals surface area (Å²) in [7, 11) is 4.06. The third kappa shape index (κ3) is 3.98. The average Bonchev–Trinajstić information content (AvgIpc) is 2.66. The normalized spacial score (nSPS) is 21.2. The fraction of sp³-hybridized carbons (Fsp3) is 0.750. The van der Waals surface area contributed by atoms with E-state index in [1.807, 2.05) is 25.0 Å². The molecule has 5 heteroatoms. The molecule has 1 aromatic heterocycles. The van der Waals surface area contributed by atoms with Crippen molar-refractivity contribution >= 4 is 12.4 Å². The van der Waals surface area contributed by atoms with Crippen LogP contribution in [0.5, 0.6) is 0 Å². The molecule has 1 atom stereocenters. The van der Waals surface area contributed by atoms with Crippen LogP contribution in [-0.4, -0.2) is 41.4 Å². The van der Waals surface area contributed by atoms with Crippen LogP contribution in [0.25, 0.3) is 0 Å². The first-order valence-corrected chi connectivity index (χ1v) is 6.13.